The van der Waals surface area contributed by atoms with Crippen LogP contribution in [-0.4, -0.2) is 35.6 Å². The summed E-state index contributed by atoms with van der Waals surface area (Å²) in [5.74, 6) is 0.477. The van der Waals surface area contributed by atoms with Crippen LogP contribution in [0.4, 0.5) is 0 Å². The Morgan fingerprint density at radius 2 is 2.15 bits per heavy atom. The topological polar surface area (TPSA) is 75.8 Å². The molecule has 1 fully saturated rings. The number of phenolic OH excluding ortho intramolecular Hbond substituents is 1. The van der Waals surface area contributed by atoms with E-state index in [0.29, 0.717) is 12.3 Å². The number of phenols is 1. The van der Waals surface area contributed by atoms with Crippen LogP contribution >= 0.6 is 12.4 Å². The van der Waals surface area contributed by atoms with Gasteiger partial charge >= 0.3 is 0 Å². The minimum Gasteiger partial charge on any atom is -0.504 e. The third-order valence-electron chi connectivity index (χ3n) is 3.68. The summed E-state index contributed by atoms with van der Waals surface area (Å²) in [4.78, 5) is 13.8. The van der Waals surface area contributed by atoms with Gasteiger partial charge in [0.1, 0.15) is 0 Å². The highest BCUT2D eigenvalue weighted by Crippen LogP contribution is 2.31. The second-order valence-corrected chi connectivity index (χ2v) is 5.18. The van der Waals surface area contributed by atoms with Gasteiger partial charge in [0.15, 0.2) is 11.5 Å². The van der Waals surface area contributed by atoms with E-state index in [-0.39, 0.29) is 24.1 Å². The van der Waals surface area contributed by atoms with E-state index >= 15 is 0 Å². The van der Waals surface area contributed by atoms with Gasteiger partial charge in [-0.3, -0.25) is 4.79 Å². The van der Waals surface area contributed by atoms with Gasteiger partial charge in [-0.05, 0) is 37.0 Å². The summed E-state index contributed by atoms with van der Waals surface area (Å²) in [6.07, 6.45) is 2.53. The van der Waals surface area contributed by atoms with Crippen molar-refractivity contribution >= 4 is 18.3 Å². The van der Waals surface area contributed by atoms with Crippen molar-refractivity contribution in [1.82, 2.24) is 4.90 Å². The maximum atomic E-state index is 12.2. The van der Waals surface area contributed by atoms with Crippen molar-refractivity contribution in [2.75, 3.05) is 14.2 Å². The zero-order valence-electron chi connectivity index (χ0n) is 11.8. The first kappa shape index (κ1) is 16.6. The highest BCUT2D eigenvalue weighted by atomic mass is 35.5. The molecule has 0 bridgehead atoms. The lowest BCUT2D eigenvalue weighted by Crippen LogP contribution is -2.58. The number of ether oxygens (including phenoxy) is 1. The molecule has 2 rings (SSSR count). The Bertz CT molecular complexity index is 489. The smallest absolute Gasteiger partial charge is 0.242 e. The van der Waals surface area contributed by atoms with Crippen molar-refractivity contribution < 1.29 is 14.6 Å². The van der Waals surface area contributed by atoms with Gasteiger partial charge in [-0.1, -0.05) is 6.07 Å². The standard InChI is InChI=1S/C14H20N2O3.ClH/c1-16(13(18)14(15)6-3-7-14)9-10-4-5-11(17)12(8-10)19-2;/h4-5,8,17H,3,6-7,9,15H2,1-2H3;1H. The lowest BCUT2D eigenvalue weighted by molar-refractivity contribution is -0.139. The Hall–Kier alpha value is -1.46. The molecule has 1 aliphatic carbocycles. The van der Waals surface area contributed by atoms with Crippen LogP contribution in [-0.2, 0) is 11.3 Å². The van der Waals surface area contributed by atoms with Crippen molar-refractivity contribution in [1.29, 1.82) is 0 Å². The largest absolute Gasteiger partial charge is 0.504 e. The Balaban J connectivity index is 0.00000200. The van der Waals surface area contributed by atoms with Gasteiger partial charge < -0.3 is 20.5 Å². The molecule has 0 atom stereocenters. The molecular weight excluding hydrogens is 280 g/mol. The molecule has 1 aromatic carbocycles. The summed E-state index contributed by atoms with van der Waals surface area (Å²) < 4.78 is 5.05. The Morgan fingerprint density at radius 1 is 1.50 bits per heavy atom. The number of halogens is 1. The van der Waals surface area contributed by atoms with E-state index in [1.165, 1.54) is 7.11 Å². The van der Waals surface area contributed by atoms with Crippen molar-refractivity contribution in [3.8, 4) is 11.5 Å². The number of benzene rings is 1. The van der Waals surface area contributed by atoms with Gasteiger partial charge in [0.05, 0.1) is 12.6 Å². The average molecular weight is 301 g/mol. The zero-order valence-corrected chi connectivity index (χ0v) is 12.6. The van der Waals surface area contributed by atoms with E-state index in [0.717, 1.165) is 24.8 Å². The molecule has 112 valence electrons. The zero-order chi connectivity index (χ0) is 14.0. The number of hydrogen-bond donors (Lipinski definition) is 2. The van der Waals surface area contributed by atoms with E-state index in [1.807, 2.05) is 0 Å². The molecule has 0 aromatic heterocycles. The number of amides is 1. The van der Waals surface area contributed by atoms with E-state index in [9.17, 15) is 9.90 Å². The number of methoxy groups -OCH3 is 1. The SMILES string of the molecule is COc1cc(CN(C)C(=O)C2(N)CCC2)ccc1O.Cl. The fourth-order valence-corrected chi connectivity index (χ4v) is 2.32. The first-order valence-corrected chi connectivity index (χ1v) is 6.36. The maximum absolute atomic E-state index is 12.2. The highest BCUT2D eigenvalue weighted by Gasteiger charge is 2.41. The summed E-state index contributed by atoms with van der Waals surface area (Å²) >= 11 is 0. The summed E-state index contributed by atoms with van der Waals surface area (Å²) in [6.45, 7) is 0.453. The van der Waals surface area contributed by atoms with Gasteiger partial charge in [0, 0.05) is 13.6 Å². The molecule has 1 saturated carbocycles. The molecule has 20 heavy (non-hydrogen) atoms. The summed E-state index contributed by atoms with van der Waals surface area (Å²) in [7, 11) is 3.24. The number of likely N-dealkylation sites (N-methyl/N-ethyl adjacent to an activating group) is 1. The summed E-state index contributed by atoms with van der Waals surface area (Å²) in [5, 5.41) is 9.53. The molecule has 0 radical (unpaired) electrons. The van der Waals surface area contributed by atoms with Crippen molar-refractivity contribution in [3.05, 3.63) is 23.8 Å². The average Bonchev–Trinajstić information content (AvgIpc) is 2.37. The second kappa shape index (κ2) is 6.33. The first-order valence-electron chi connectivity index (χ1n) is 6.36. The molecule has 5 nitrogen and oxygen atoms in total. The third-order valence-corrected chi connectivity index (χ3v) is 3.68. The summed E-state index contributed by atoms with van der Waals surface area (Å²) in [6, 6.07) is 5.06. The van der Waals surface area contributed by atoms with Gasteiger partial charge in [-0.25, -0.2) is 0 Å². The monoisotopic (exact) mass is 300 g/mol. The van der Waals surface area contributed by atoms with Crippen LogP contribution in [0.3, 0.4) is 0 Å². The highest BCUT2D eigenvalue weighted by molar-refractivity contribution is 5.86. The van der Waals surface area contributed by atoms with Crippen molar-refractivity contribution in [2.45, 2.75) is 31.3 Å². The normalized spacial score (nSPS) is 15.8. The minimum atomic E-state index is -0.671. The Labute approximate surface area is 125 Å². The van der Waals surface area contributed by atoms with E-state index < -0.39 is 5.54 Å². The molecular formula is C14H21ClN2O3. The Morgan fingerprint density at radius 3 is 2.65 bits per heavy atom. The fraction of sp³-hybridized carbons (Fsp3) is 0.500. The number of rotatable bonds is 4. The molecule has 0 heterocycles. The molecule has 6 heteroatoms. The number of nitrogens with zero attached hydrogens (tertiary/aromatic N) is 1. The van der Waals surface area contributed by atoms with Crippen LogP contribution in [0.1, 0.15) is 24.8 Å². The maximum Gasteiger partial charge on any atom is 0.242 e. The van der Waals surface area contributed by atoms with Crippen LogP contribution < -0.4 is 10.5 Å². The van der Waals surface area contributed by atoms with E-state index in [1.54, 1.807) is 30.1 Å². The van der Waals surface area contributed by atoms with Crippen molar-refractivity contribution in [3.63, 3.8) is 0 Å². The molecule has 0 aliphatic heterocycles. The van der Waals surface area contributed by atoms with Gasteiger partial charge in [-0.15, -0.1) is 12.4 Å². The van der Waals surface area contributed by atoms with Crippen LogP contribution in [0, 0.1) is 0 Å². The predicted molar refractivity (Wildman–Crippen MR) is 79.2 cm³/mol. The van der Waals surface area contributed by atoms with Crippen LogP contribution in [0.5, 0.6) is 11.5 Å². The van der Waals surface area contributed by atoms with Crippen LogP contribution in [0.15, 0.2) is 18.2 Å². The van der Waals surface area contributed by atoms with Crippen LogP contribution in [0.2, 0.25) is 0 Å². The second-order valence-electron chi connectivity index (χ2n) is 5.18. The predicted octanol–water partition coefficient (Wildman–Crippen LogP) is 1.66. The van der Waals surface area contributed by atoms with Crippen molar-refractivity contribution in [2.24, 2.45) is 5.73 Å². The number of aromatic hydroxyl groups is 1. The molecule has 1 aromatic rings. The van der Waals surface area contributed by atoms with E-state index in [2.05, 4.69) is 0 Å². The molecule has 0 saturated heterocycles. The molecule has 0 unspecified atom stereocenters. The van der Waals surface area contributed by atoms with Gasteiger partial charge in [-0.2, -0.15) is 0 Å². The first-order chi connectivity index (χ1) is 8.96. The third kappa shape index (κ3) is 3.16. The number of nitrogens with two attached hydrogens (primary N) is 1. The molecule has 1 aliphatic rings. The van der Waals surface area contributed by atoms with Gasteiger partial charge in [0.2, 0.25) is 5.91 Å². The number of hydrogen-bond acceptors (Lipinski definition) is 4. The minimum absolute atomic E-state index is 0. The Kier molecular flexibility index (Phi) is 5.25. The molecule has 0 spiro atoms. The fourth-order valence-electron chi connectivity index (χ4n) is 2.32. The number of carbonyl (C=O) groups excluding carboxylic acids is 1. The van der Waals surface area contributed by atoms with Gasteiger partial charge in [0.25, 0.3) is 0 Å². The summed E-state index contributed by atoms with van der Waals surface area (Å²) in [5.41, 5.74) is 6.25. The molecule has 3 N–H and O–H groups in total. The molecule has 1 amide bonds. The lowest BCUT2D eigenvalue weighted by Gasteiger charge is -2.39. The van der Waals surface area contributed by atoms with E-state index in [4.69, 9.17) is 10.5 Å². The van der Waals surface area contributed by atoms with Crippen LogP contribution in [0.25, 0.3) is 0 Å². The quantitative estimate of drug-likeness (QED) is 0.887. The number of carbonyl (C=O) groups is 1. The lowest BCUT2D eigenvalue weighted by atomic mass is 9.76.